The summed E-state index contributed by atoms with van der Waals surface area (Å²) in [5, 5.41) is 0.615. The van der Waals surface area contributed by atoms with Gasteiger partial charge in [-0.15, -0.1) is 0 Å². The maximum Gasteiger partial charge on any atom is 0.210 e. The van der Waals surface area contributed by atoms with Crippen molar-refractivity contribution in [3.63, 3.8) is 0 Å². The van der Waals surface area contributed by atoms with E-state index in [9.17, 15) is 9.59 Å². The highest BCUT2D eigenvalue weighted by Crippen LogP contribution is 2.23. The van der Waals surface area contributed by atoms with Crippen LogP contribution in [0.1, 0.15) is 38.3 Å². The predicted octanol–water partition coefficient (Wildman–Crippen LogP) is 4.86. The van der Waals surface area contributed by atoms with E-state index in [0.29, 0.717) is 30.4 Å². The third-order valence-electron chi connectivity index (χ3n) is 5.25. The summed E-state index contributed by atoms with van der Waals surface area (Å²) in [6.45, 7) is 16.0. The van der Waals surface area contributed by atoms with Gasteiger partial charge in [0.05, 0.1) is 12.2 Å². The molecule has 1 heterocycles. The molecule has 0 atom stereocenters. The zero-order valence-electron chi connectivity index (χ0n) is 20.2. The zero-order valence-corrected chi connectivity index (χ0v) is 21.0. The van der Waals surface area contributed by atoms with Gasteiger partial charge in [0.2, 0.25) is 6.41 Å². The second kappa shape index (κ2) is 14.6. The third kappa shape index (κ3) is 9.01. The van der Waals surface area contributed by atoms with Crippen molar-refractivity contribution in [1.29, 1.82) is 0 Å². The van der Waals surface area contributed by atoms with E-state index in [4.69, 9.17) is 11.6 Å². The van der Waals surface area contributed by atoms with Crippen molar-refractivity contribution in [3.05, 3.63) is 70.5 Å². The lowest BCUT2D eigenvalue weighted by atomic mass is 10.0. The molecule has 0 bridgehead atoms. The number of ketones is 1. The van der Waals surface area contributed by atoms with Gasteiger partial charge in [-0.25, -0.2) is 0 Å². The number of benzene rings is 1. The second-order valence-corrected chi connectivity index (χ2v) is 8.32. The minimum Gasteiger partial charge on any atom is -0.340 e. The summed E-state index contributed by atoms with van der Waals surface area (Å²) in [6, 6.07) is 5.73. The van der Waals surface area contributed by atoms with Gasteiger partial charge in [0.25, 0.3) is 0 Å². The van der Waals surface area contributed by atoms with Gasteiger partial charge in [-0.3, -0.25) is 9.59 Å². The van der Waals surface area contributed by atoms with Crippen LogP contribution in [0.4, 0.5) is 0 Å². The summed E-state index contributed by atoms with van der Waals surface area (Å²) >= 11 is 6.26. The first-order chi connectivity index (χ1) is 15.3. The van der Waals surface area contributed by atoms with E-state index in [1.54, 1.807) is 4.90 Å². The molecule has 1 aromatic carbocycles. The van der Waals surface area contributed by atoms with E-state index in [2.05, 4.69) is 37.6 Å². The fourth-order valence-corrected chi connectivity index (χ4v) is 3.51. The molecule has 0 N–H and O–H groups in total. The smallest absolute Gasteiger partial charge is 0.210 e. The highest BCUT2D eigenvalue weighted by Gasteiger charge is 2.25. The van der Waals surface area contributed by atoms with E-state index in [0.717, 1.165) is 42.7 Å². The lowest BCUT2D eigenvalue weighted by Gasteiger charge is -2.37. The minimum atomic E-state index is 0.0170. The Hall–Kier alpha value is -2.37. The average Bonchev–Trinajstić information content (AvgIpc) is 2.78. The Morgan fingerprint density at radius 3 is 2.53 bits per heavy atom. The summed E-state index contributed by atoms with van der Waals surface area (Å²) in [5.74, 6) is 0.0170. The zero-order chi connectivity index (χ0) is 24.1. The van der Waals surface area contributed by atoms with Gasteiger partial charge >= 0.3 is 0 Å². The standard InChI is InChI=1S/C19H23ClN2O2.C7H15N/c1-4-5-18(22-9-8-21(13-23)12-15(22)3)19(24)11-16-7-6-14(2)10-17(16)20;1-4-6-7-8(3)5-2/h5-7,10,13H,3-4,8-9,11-12H2,1-2H3;4,6H,5,7H2,1-3H3/b18-5-;6-4+. The quantitative estimate of drug-likeness (QED) is 0.300. The molecule has 1 aliphatic heterocycles. The molecule has 0 aliphatic carbocycles. The molecule has 1 aliphatic rings. The van der Waals surface area contributed by atoms with Crippen molar-refractivity contribution in [2.24, 2.45) is 0 Å². The topological polar surface area (TPSA) is 43.9 Å². The van der Waals surface area contributed by atoms with Crippen LogP contribution in [0.5, 0.6) is 0 Å². The van der Waals surface area contributed by atoms with Gasteiger partial charge in [-0.2, -0.15) is 0 Å². The molecule has 0 spiro atoms. The number of hydrogen-bond donors (Lipinski definition) is 0. The summed E-state index contributed by atoms with van der Waals surface area (Å²) in [4.78, 5) is 29.6. The monoisotopic (exact) mass is 459 g/mol. The van der Waals surface area contributed by atoms with Crippen molar-refractivity contribution in [1.82, 2.24) is 14.7 Å². The van der Waals surface area contributed by atoms with Crippen molar-refractivity contribution >= 4 is 23.8 Å². The van der Waals surface area contributed by atoms with Crippen LogP contribution < -0.4 is 0 Å². The van der Waals surface area contributed by atoms with Gasteiger partial charge < -0.3 is 14.7 Å². The summed E-state index contributed by atoms with van der Waals surface area (Å²) < 4.78 is 0. The first-order valence-electron chi connectivity index (χ1n) is 11.2. The van der Waals surface area contributed by atoms with Crippen LogP contribution in [0.25, 0.3) is 0 Å². The molecule has 0 radical (unpaired) electrons. The van der Waals surface area contributed by atoms with Crippen LogP contribution in [0.15, 0.2) is 54.4 Å². The Balaban J connectivity index is 0.000000547. The van der Waals surface area contributed by atoms with E-state index in [-0.39, 0.29) is 12.2 Å². The molecule has 0 saturated carbocycles. The SMILES string of the molecule is C/C=C/CN(C)CC.C=C1CN(C=O)CCN1/C(=C\CC)C(=O)Cc1ccc(C)cc1Cl. The minimum absolute atomic E-state index is 0.0170. The van der Waals surface area contributed by atoms with Crippen LogP contribution in [-0.4, -0.2) is 66.7 Å². The van der Waals surface area contributed by atoms with Gasteiger partial charge in [0.15, 0.2) is 5.78 Å². The number of hydrogen-bond acceptors (Lipinski definition) is 4. The van der Waals surface area contributed by atoms with Gasteiger partial charge in [0.1, 0.15) is 0 Å². The van der Waals surface area contributed by atoms with Gasteiger partial charge in [0, 0.05) is 36.8 Å². The number of Topliss-reactive ketones (excluding diaryl/α,β-unsaturated/α-hetero) is 1. The van der Waals surface area contributed by atoms with Gasteiger partial charge in [-0.1, -0.05) is 62.4 Å². The Labute approximate surface area is 199 Å². The Morgan fingerprint density at radius 2 is 2.00 bits per heavy atom. The summed E-state index contributed by atoms with van der Waals surface area (Å²) in [7, 11) is 2.11. The number of rotatable bonds is 9. The lowest BCUT2D eigenvalue weighted by Crippen LogP contribution is -2.44. The fraction of sp³-hybridized carbons (Fsp3) is 0.462. The number of likely N-dealkylation sites (N-methyl/N-ethyl adjacent to an activating group) is 1. The third-order valence-corrected chi connectivity index (χ3v) is 5.61. The number of allylic oxidation sites excluding steroid dienone is 3. The lowest BCUT2D eigenvalue weighted by molar-refractivity contribution is -0.119. The first-order valence-corrected chi connectivity index (χ1v) is 11.6. The Bertz CT molecular complexity index is 832. The molecular weight excluding hydrogens is 422 g/mol. The maximum absolute atomic E-state index is 12.8. The van der Waals surface area contributed by atoms with E-state index in [1.165, 1.54) is 0 Å². The summed E-state index contributed by atoms with van der Waals surface area (Å²) in [6.07, 6.45) is 7.98. The van der Waals surface area contributed by atoms with Crippen LogP contribution in [0.3, 0.4) is 0 Å². The number of nitrogens with zero attached hydrogens (tertiary/aromatic N) is 3. The van der Waals surface area contributed by atoms with E-state index < -0.39 is 0 Å². The van der Waals surface area contributed by atoms with Crippen molar-refractivity contribution in [2.75, 3.05) is 39.8 Å². The number of amides is 1. The van der Waals surface area contributed by atoms with Gasteiger partial charge in [-0.05, 0) is 51.1 Å². The van der Waals surface area contributed by atoms with Crippen molar-refractivity contribution in [2.45, 2.75) is 40.5 Å². The number of aryl methyl sites for hydroxylation is 1. The molecule has 1 saturated heterocycles. The number of carbonyl (C=O) groups excluding carboxylic acids is 2. The average molecular weight is 460 g/mol. The molecule has 5 nitrogen and oxygen atoms in total. The molecule has 1 aromatic rings. The molecule has 32 heavy (non-hydrogen) atoms. The van der Waals surface area contributed by atoms with Crippen molar-refractivity contribution < 1.29 is 9.59 Å². The number of carbonyl (C=O) groups is 2. The highest BCUT2D eigenvalue weighted by molar-refractivity contribution is 6.31. The Morgan fingerprint density at radius 1 is 1.28 bits per heavy atom. The normalized spacial score (nSPS) is 14.6. The maximum atomic E-state index is 12.8. The fourth-order valence-electron chi connectivity index (χ4n) is 3.21. The molecule has 0 unspecified atom stereocenters. The van der Waals surface area contributed by atoms with Crippen LogP contribution >= 0.6 is 11.6 Å². The first kappa shape index (κ1) is 27.7. The van der Waals surface area contributed by atoms with E-state index >= 15 is 0 Å². The predicted molar refractivity (Wildman–Crippen MR) is 135 cm³/mol. The Kier molecular flexibility index (Phi) is 12.7. The summed E-state index contributed by atoms with van der Waals surface area (Å²) in [5.41, 5.74) is 3.30. The molecule has 1 fully saturated rings. The number of halogens is 1. The molecule has 2 rings (SSSR count). The highest BCUT2D eigenvalue weighted by atomic mass is 35.5. The van der Waals surface area contributed by atoms with Crippen LogP contribution in [-0.2, 0) is 16.0 Å². The van der Waals surface area contributed by atoms with Crippen LogP contribution in [0, 0.1) is 6.92 Å². The molecular formula is C26H38ClN3O2. The van der Waals surface area contributed by atoms with Crippen LogP contribution in [0.2, 0.25) is 5.02 Å². The molecule has 1 amide bonds. The molecule has 176 valence electrons. The van der Waals surface area contributed by atoms with Crippen molar-refractivity contribution in [3.8, 4) is 0 Å². The largest absolute Gasteiger partial charge is 0.340 e. The number of piperazine rings is 1. The second-order valence-electron chi connectivity index (χ2n) is 7.91. The molecule has 0 aromatic heterocycles. The molecule has 6 heteroatoms. The van der Waals surface area contributed by atoms with E-state index in [1.807, 2.05) is 49.9 Å².